The van der Waals surface area contributed by atoms with Crippen molar-refractivity contribution in [1.29, 1.82) is 0 Å². The van der Waals surface area contributed by atoms with Gasteiger partial charge in [0.1, 0.15) is 0 Å². The number of nitro groups is 1. The molecule has 15 heavy (non-hydrogen) atoms. The third kappa shape index (κ3) is 2.38. The lowest BCUT2D eigenvalue weighted by molar-refractivity contribution is -0.384. The van der Waals surface area contributed by atoms with Crippen molar-refractivity contribution >= 4 is 23.3 Å². The number of hydrogen-bond acceptors (Lipinski definition) is 5. The van der Waals surface area contributed by atoms with Crippen LogP contribution in [0.5, 0.6) is 0 Å². The van der Waals surface area contributed by atoms with Gasteiger partial charge in [-0.25, -0.2) is 0 Å². The number of hydrogen-bond donors (Lipinski definition) is 2. The summed E-state index contributed by atoms with van der Waals surface area (Å²) in [6.07, 6.45) is 1.80. The summed E-state index contributed by atoms with van der Waals surface area (Å²) in [4.78, 5) is 10.7. The molecule has 0 amide bonds. The van der Waals surface area contributed by atoms with Crippen LogP contribution >= 0.6 is 11.8 Å². The second-order valence-electron chi connectivity index (χ2n) is 2.63. The van der Waals surface area contributed by atoms with E-state index < -0.39 is 4.92 Å². The summed E-state index contributed by atoms with van der Waals surface area (Å²) in [5.41, 5.74) is 5.68. The number of rotatable bonds is 3. The molecule has 0 aliphatic heterocycles. The van der Waals surface area contributed by atoms with Crippen LogP contribution in [-0.2, 0) is 0 Å². The molecule has 0 spiro atoms. The molecule has 80 valence electrons. The summed E-state index contributed by atoms with van der Waals surface area (Å²) in [6, 6.07) is 4.22. The van der Waals surface area contributed by atoms with E-state index in [2.05, 4.69) is 5.16 Å². The van der Waals surface area contributed by atoms with E-state index in [0.29, 0.717) is 5.56 Å². The Bertz CT molecular complexity index is 420. The number of benzene rings is 1. The van der Waals surface area contributed by atoms with Crippen LogP contribution in [0.3, 0.4) is 0 Å². The van der Waals surface area contributed by atoms with E-state index >= 15 is 0 Å². The summed E-state index contributed by atoms with van der Waals surface area (Å²) < 4.78 is 0. The highest BCUT2D eigenvalue weighted by molar-refractivity contribution is 7.98. The van der Waals surface area contributed by atoms with Crippen LogP contribution in [-0.4, -0.2) is 22.2 Å². The van der Waals surface area contributed by atoms with E-state index in [0.717, 1.165) is 4.90 Å². The highest BCUT2D eigenvalue weighted by atomic mass is 32.2. The monoisotopic (exact) mass is 227 g/mol. The Balaban J connectivity index is 3.31. The molecule has 6 nitrogen and oxygen atoms in total. The van der Waals surface area contributed by atoms with Crippen LogP contribution in [0.2, 0.25) is 0 Å². The van der Waals surface area contributed by atoms with E-state index in [4.69, 9.17) is 10.9 Å². The summed E-state index contributed by atoms with van der Waals surface area (Å²) >= 11 is 1.36. The number of non-ortho nitro benzene ring substituents is 1. The Kier molecular flexibility index (Phi) is 3.51. The molecule has 0 saturated carbocycles. The largest absolute Gasteiger partial charge is 0.409 e. The zero-order chi connectivity index (χ0) is 11.4. The topological polar surface area (TPSA) is 102 Å². The van der Waals surface area contributed by atoms with E-state index in [1.54, 1.807) is 12.3 Å². The summed E-state index contributed by atoms with van der Waals surface area (Å²) in [5.74, 6) is -0.136. The Morgan fingerprint density at radius 2 is 2.33 bits per heavy atom. The molecule has 0 aliphatic rings. The average Bonchev–Trinajstić information content (AvgIpc) is 2.27. The zero-order valence-corrected chi connectivity index (χ0v) is 8.69. The predicted molar refractivity (Wildman–Crippen MR) is 57.4 cm³/mol. The van der Waals surface area contributed by atoms with Gasteiger partial charge < -0.3 is 10.9 Å². The molecular weight excluding hydrogens is 218 g/mol. The molecule has 0 radical (unpaired) electrons. The lowest BCUT2D eigenvalue weighted by atomic mass is 10.2. The van der Waals surface area contributed by atoms with Crippen LogP contribution in [0, 0.1) is 10.1 Å². The predicted octanol–water partition coefficient (Wildman–Crippen LogP) is 1.41. The number of nitrogens with zero attached hydrogens (tertiary/aromatic N) is 2. The summed E-state index contributed by atoms with van der Waals surface area (Å²) in [6.45, 7) is 0. The van der Waals surface area contributed by atoms with Crippen LogP contribution in [0.25, 0.3) is 0 Å². The van der Waals surface area contributed by atoms with Gasteiger partial charge >= 0.3 is 0 Å². The fourth-order valence-corrected chi connectivity index (χ4v) is 1.65. The van der Waals surface area contributed by atoms with Gasteiger partial charge in [-0.3, -0.25) is 10.1 Å². The molecule has 0 aliphatic carbocycles. The summed E-state index contributed by atoms with van der Waals surface area (Å²) in [5, 5.41) is 21.9. The molecule has 0 unspecified atom stereocenters. The van der Waals surface area contributed by atoms with Gasteiger partial charge in [-0.15, -0.1) is 11.8 Å². The molecule has 7 heteroatoms. The van der Waals surface area contributed by atoms with Crippen molar-refractivity contribution in [3.8, 4) is 0 Å². The highest BCUT2D eigenvalue weighted by Gasteiger charge is 2.13. The van der Waals surface area contributed by atoms with E-state index in [9.17, 15) is 10.1 Å². The number of oxime groups is 1. The van der Waals surface area contributed by atoms with Gasteiger partial charge in [0.05, 0.1) is 4.92 Å². The Labute approximate surface area is 89.9 Å². The molecule has 0 atom stereocenters. The number of nitrogens with two attached hydrogens (primary N) is 1. The van der Waals surface area contributed by atoms with Crippen LogP contribution in [0.15, 0.2) is 28.3 Å². The van der Waals surface area contributed by atoms with Crippen molar-refractivity contribution < 1.29 is 10.1 Å². The lowest BCUT2D eigenvalue weighted by Crippen LogP contribution is -2.14. The van der Waals surface area contributed by atoms with Crippen molar-refractivity contribution in [1.82, 2.24) is 0 Å². The van der Waals surface area contributed by atoms with Crippen LogP contribution < -0.4 is 5.73 Å². The van der Waals surface area contributed by atoms with Crippen molar-refractivity contribution in [2.24, 2.45) is 10.9 Å². The standard InChI is InChI=1S/C8H9N3O3S/c1-15-7-3-2-5(11(13)14)4-6(7)8(9)10-12/h2-4,12H,1H3,(H2,9,10). The van der Waals surface area contributed by atoms with Gasteiger partial charge in [-0.1, -0.05) is 5.16 Å². The molecule has 0 fully saturated rings. The van der Waals surface area contributed by atoms with E-state index in [-0.39, 0.29) is 11.5 Å². The Morgan fingerprint density at radius 1 is 1.67 bits per heavy atom. The minimum Gasteiger partial charge on any atom is -0.409 e. The first-order valence-electron chi connectivity index (χ1n) is 3.90. The van der Waals surface area contributed by atoms with Gasteiger partial charge in [0.25, 0.3) is 5.69 Å². The van der Waals surface area contributed by atoms with Gasteiger partial charge in [0.2, 0.25) is 0 Å². The van der Waals surface area contributed by atoms with Crippen molar-refractivity contribution in [2.75, 3.05) is 6.26 Å². The van der Waals surface area contributed by atoms with Gasteiger partial charge in [0.15, 0.2) is 5.84 Å². The van der Waals surface area contributed by atoms with Gasteiger partial charge in [0, 0.05) is 22.6 Å². The Hall–Kier alpha value is -1.76. The number of thioether (sulfide) groups is 1. The second-order valence-corrected chi connectivity index (χ2v) is 3.48. The first-order chi connectivity index (χ1) is 7.10. The quantitative estimate of drug-likeness (QED) is 0.203. The smallest absolute Gasteiger partial charge is 0.270 e. The van der Waals surface area contributed by atoms with Crippen molar-refractivity contribution in [3.63, 3.8) is 0 Å². The molecule has 0 aromatic heterocycles. The SMILES string of the molecule is CSc1ccc([N+](=O)[O-])cc1C(N)=NO. The lowest BCUT2D eigenvalue weighted by Gasteiger charge is -2.04. The first kappa shape index (κ1) is 11.3. The molecular formula is C8H9N3O3S. The number of amidine groups is 1. The maximum absolute atomic E-state index is 10.5. The van der Waals surface area contributed by atoms with Gasteiger partial charge in [-0.05, 0) is 12.3 Å². The average molecular weight is 227 g/mol. The van der Waals surface area contributed by atoms with Crippen LogP contribution in [0.4, 0.5) is 5.69 Å². The molecule has 1 aromatic rings. The second kappa shape index (κ2) is 4.65. The fourth-order valence-electron chi connectivity index (χ4n) is 1.06. The van der Waals surface area contributed by atoms with E-state index in [1.165, 1.54) is 23.9 Å². The molecule has 3 N–H and O–H groups in total. The minimum absolute atomic E-state index is 0.0885. The number of nitro benzene ring substituents is 1. The fraction of sp³-hybridized carbons (Fsp3) is 0.125. The molecule has 1 rings (SSSR count). The molecule has 0 bridgehead atoms. The molecule has 0 heterocycles. The Morgan fingerprint density at radius 3 is 2.80 bits per heavy atom. The minimum atomic E-state index is -0.530. The van der Waals surface area contributed by atoms with E-state index in [1.807, 2.05) is 0 Å². The van der Waals surface area contributed by atoms with Crippen molar-refractivity contribution in [3.05, 3.63) is 33.9 Å². The first-order valence-corrected chi connectivity index (χ1v) is 5.13. The third-order valence-electron chi connectivity index (χ3n) is 1.78. The molecule has 0 saturated heterocycles. The van der Waals surface area contributed by atoms with Crippen molar-refractivity contribution in [2.45, 2.75) is 4.90 Å². The van der Waals surface area contributed by atoms with Crippen LogP contribution in [0.1, 0.15) is 5.56 Å². The van der Waals surface area contributed by atoms with Gasteiger partial charge in [-0.2, -0.15) is 0 Å². The highest BCUT2D eigenvalue weighted by Crippen LogP contribution is 2.24. The molecule has 1 aromatic carbocycles. The third-order valence-corrected chi connectivity index (χ3v) is 2.57. The maximum Gasteiger partial charge on any atom is 0.270 e. The zero-order valence-electron chi connectivity index (χ0n) is 7.88. The maximum atomic E-state index is 10.5. The summed E-state index contributed by atoms with van der Waals surface area (Å²) in [7, 11) is 0. The normalized spacial score (nSPS) is 11.4.